The van der Waals surface area contributed by atoms with E-state index in [1.807, 2.05) is 11.6 Å². The Balaban J connectivity index is 2.10. The lowest BCUT2D eigenvalue weighted by Crippen LogP contribution is -2.27. The van der Waals surface area contributed by atoms with E-state index in [0.29, 0.717) is 39.3 Å². The topological polar surface area (TPSA) is 94.0 Å². The van der Waals surface area contributed by atoms with E-state index in [9.17, 15) is 4.79 Å². The summed E-state index contributed by atoms with van der Waals surface area (Å²) in [6, 6.07) is 0. The zero-order chi connectivity index (χ0) is 20.2. The number of anilines is 1. The van der Waals surface area contributed by atoms with Gasteiger partial charge in [0.1, 0.15) is 5.82 Å². The van der Waals surface area contributed by atoms with E-state index in [0.717, 1.165) is 47.0 Å². The second kappa shape index (κ2) is 12.6. The lowest BCUT2D eigenvalue weighted by molar-refractivity contribution is -0.121. The van der Waals surface area contributed by atoms with Gasteiger partial charge < -0.3 is 15.4 Å². The summed E-state index contributed by atoms with van der Waals surface area (Å²) in [6.45, 7) is 9.31. The standard InChI is InChI=1S/C19H32N6O2S/c1-4-7-8-16(26)20-9-11-25-18-15(14-22-25)17(21-10-12-27-6-3)23-19(24-18)28-13-5-2/h14H,4-13H2,1-3H3,(H,20,26)(H,21,23,24). The van der Waals surface area contributed by atoms with Gasteiger partial charge in [0, 0.05) is 31.9 Å². The van der Waals surface area contributed by atoms with Crippen molar-refractivity contribution in [2.45, 2.75) is 58.2 Å². The zero-order valence-electron chi connectivity index (χ0n) is 17.2. The number of nitrogens with one attached hydrogen (secondary N) is 2. The van der Waals surface area contributed by atoms with Crippen LogP contribution in [-0.4, -0.2) is 57.7 Å². The molecule has 2 aromatic heterocycles. The van der Waals surface area contributed by atoms with E-state index >= 15 is 0 Å². The molecular formula is C19H32N6O2S. The molecule has 0 fully saturated rings. The summed E-state index contributed by atoms with van der Waals surface area (Å²) in [5, 5.41) is 12.4. The summed E-state index contributed by atoms with van der Waals surface area (Å²) in [4.78, 5) is 21.1. The van der Waals surface area contributed by atoms with Gasteiger partial charge in [0.25, 0.3) is 0 Å². The maximum absolute atomic E-state index is 11.8. The molecule has 0 atom stereocenters. The van der Waals surface area contributed by atoms with Gasteiger partial charge in [-0.15, -0.1) is 0 Å². The van der Waals surface area contributed by atoms with Crippen LogP contribution in [0.2, 0.25) is 0 Å². The number of fused-ring (bicyclic) bond motifs is 1. The van der Waals surface area contributed by atoms with Crippen LogP contribution in [-0.2, 0) is 16.1 Å². The van der Waals surface area contributed by atoms with Crippen molar-refractivity contribution in [2.75, 3.05) is 37.4 Å². The Hall–Kier alpha value is -1.87. The van der Waals surface area contributed by atoms with Crippen LogP contribution in [0.4, 0.5) is 5.82 Å². The number of unbranched alkanes of at least 4 members (excludes halogenated alkanes) is 1. The van der Waals surface area contributed by atoms with Crippen molar-refractivity contribution >= 4 is 34.5 Å². The number of rotatable bonds is 14. The van der Waals surface area contributed by atoms with Crippen molar-refractivity contribution < 1.29 is 9.53 Å². The van der Waals surface area contributed by atoms with E-state index in [-0.39, 0.29) is 5.91 Å². The van der Waals surface area contributed by atoms with Gasteiger partial charge in [0.05, 0.1) is 24.7 Å². The highest BCUT2D eigenvalue weighted by Crippen LogP contribution is 2.24. The fraction of sp³-hybridized carbons (Fsp3) is 0.684. The maximum atomic E-state index is 11.8. The summed E-state index contributed by atoms with van der Waals surface area (Å²) >= 11 is 1.64. The van der Waals surface area contributed by atoms with E-state index in [1.165, 1.54) is 0 Å². The molecule has 0 aliphatic heterocycles. The predicted molar refractivity (Wildman–Crippen MR) is 114 cm³/mol. The summed E-state index contributed by atoms with van der Waals surface area (Å²) in [5.41, 5.74) is 0.787. The Bertz CT molecular complexity index is 737. The number of thioether (sulfide) groups is 1. The Kier molecular flexibility index (Phi) is 10.1. The van der Waals surface area contributed by atoms with Crippen LogP contribution in [0.25, 0.3) is 11.0 Å². The maximum Gasteiger partial charge on any atom is 0.220 e. The summed E-state index contributed by atoms with van der Waals surface area (Å²) in [6.07, 6.45) is 5.35. The van der Waals surface area contributed by atoms with Crippen molar-refractivity contribution in [3.05, 3.63) is 6.20 Å². The third-order valence-corrected chi connectivity index (χ3v) is 5.11. The Morgan fingerprint density at radius 1 is 1.21 bits per heavy atom. The average molecular weight is 409 g/mol. The summed E-state index contributed by atoms with van der Waals surface area (Å²) in [5.74, 6) is 1.83. The van der Waals surface area contributed by atoms with Crippen molar-refractivity contribution in [2.24, 2.45) is 0 Å². The first-order chi connectivity index (χ1) is 13.7. The van der Waals surface area contributed by atoms with Gasteiger partial charge in [-0.1, -0.05) is 32.0 Å². The molecule has 0 saturated heterocycles. The third kappa shape index (κ3) is 6.94. The minimum atomic E-state index is 0.0883. The number of aromatic nitrogens is 4. The van der Waals surface area contributed by atoms with E-state index in [1.54, 1.807) is 18.0 Å². The molecule has 9 heteroatoms. The van der Waals surface area contributed by atoms with Crippen LogP contribution < -0.4 is 10.6 Å². The zero-order valence-corrected chi connectivity index (χ0v) is 18.0. The van der Waals surface area contributed by atoms with Crippen molar-refractivity contribution in [1.82, 2.24) is 25.1 Å². The van der Waals surface area contributed by atoms with Gasteiger partial charge in [-0.05, 0) is 19.8 Å². The molecule has 0 aromatic carbocycles. The molecule has 0 saturated carbocycles. The van der Waals surface area contributed by atoms with E-state index in [4.69, 9.17) is 9.72 Å². The average Bonchev–Trinajstić information content (AvgIpc) is 3.11. The molecule has 2 aromatic rings. The van der Waals surface area contributed by atoms with Crippen LogP contribution in [0.15, 0.2) is 11.4 Å². The second-order valence-electron chi connectivity index (χ2n) is 6.39. The Morgan fingerprint density at radius 2 is 2.07 bits per heavy atom. The first-order valence-corrected chi connectivity index (χ1v) is 11.1. The molecule has 0 spiro atoms. The highest BCUT2D eigenvalue weighted by atomic mass is 32.2. The monoisotopic (exact) mass is 408 g/mol. The first kappa shape index (κ1) is 22.4. The van der Waals surface area contributed by atoms with Crippen molar-refractivity contribution in [3.8, 4) is 0 Å². The van der Waals surface area contributed by atoms with Gasteiger partial charge in [0.2, 0.25) is 5.91 Å². The normalized spacial score (nSPS) is 11.1. The number of hydrogen-bond acceptors (Lipinski definition) is 7. The van der Waals surface area contributed by atoms with E-state index < -0.39 is 0 Å². The van der Waals surface area contributed by atoms with Crippen LogP contribution in [0, 0.1) is 0 Å². The Morgan fingerprint density at radius 3 is 2.82 bits per heavy atom. The number of hydrogen-bond donors (Lipinski definition) is 2. The van der Waals surface area contributed by atoms with Crippen LogP contribution >= 0.6 is 11.8 Å². The number of carbonyl (C=O) groups is 1. The van der Waals surface area contributed by atoms with Crippen molar-refractivity contribution in [3.63, 3.8) is 0 Å². The predicted octanol–water partition coefficient (Wildman–Crippen LogP) is 3.08. The highest BCUT2D eigenvalue weighted by Gasteiger charge is 2.13. The molecule has 0 aliphatic carbocycles. The lowest BCUT2D eigenvalue weighted by Gasteiger charge is -2.10. The molecule has 0 aliphatic rings. The van der Waals surface area contributed by atoms with Gasteiger partial charge >= 0.3 is 0 Å². The molecule has 8 nitrogen and oxygen atoms in total. The number of amides is 1. The molecule has 0 unspecified atom stereocenters. The van der Waals surface area contributed by atoms with Crippen LogP contribution in [0.1, 0.15) is 46.5 Å². The molecule has 28 heavy (non-hydrogen) atoms. The first-order valence-electron chi connectivity index (χ1n) is 10.1. The SMILES string of the molecule is CCCCC(=O)NCCn1ncc2c(NCCOCC)nc(SCCC)nc21. The van der Waals surface area contributed by atoms with Crippen LogP contribution in [0.5, 0.6) is 0 Å². The number of ether oxygens (including phenoxy) is 1. The largest absolute Gasteiger partial charge is 0.380 e. The summed E-state index contributed by atoms with van der Waals surface area (Å²) in [7, 11) is 0. The molecular weight excluding hydrogens is 376 g/mol. The molecule has 2 heterocycles. The number of carbonyl (C=O) groups excluding carboxylic acids is 1. The lowest BCUT2D eigenvalue weighted by atomic mass is 10.2. The van der Waals surface area contributed by atoms with E-state index in [2.05, 4.69) is 34.6 Å². The minimum absolute atomic E-state index is 0.0883. The minimum Gasteiger partial charge on any atom is -0.380 e. The molecule has 0 radical (unpaired) electrons. The fourth-order valence-corrected chi connectivity index (χ4v) is 3.30. The smallest absolute Gasteiger partial charge is 0.220 e. The van der Waals surface area contributed by atoms with Gasteiger partial charge in [0.15, 0.2) is 10.8 Å². The fourth-order valence-electron chi connectivity index (χ4n) is 2.60. The second-order valence-corrected chi connectivity index (χ2v) is 7.45. The molecule has 2 rings (SSSR count). The molecule has 1 amide bonds. The Labute approximate surface area is 171 Å². The molecule has 0 bridgehead atoms. The van der Waals surface area contributed by atoms with Gasteiger partial charge in [-0.2, -0.15) is 5.10 Å². The van der Waals surface area contributed by atoms with Crippen molar-refractivity contribution in [1.29, 1.82) is 0 Å². The molecule has 2 N–H and O–H groups in total. The highest BCUT2D eigenvalue weighted by molar-refractivity contribution is 7.99. The third-order valence-electron chi connectivity index (χ3n) is 4.06. The van der Waals surface area contributed by atoms with Crippen LogP contribution in [0.3, 0.4) is 0 Å². The molecule has 156 valence electrons. The quantitative estimate of drug-likeness (QED) is 0.282. The van der Waals surface area contributed by atoms with Gasteiger partial charge in [-0.25, -0.2) is 14.6 Å². The summed E-state index contributed by atoms with van der Waals surface area (Å²) < 4.78 is 7.23. The number of nitrogens with zero attached hydrogens (tertiary/aromatic N) is 4. The van der Waals surface area contributed by atoms with Gasteiger partial charge in [-0.3, -0.25) is 4.79 Å².